The average Bonchev–Trinajstić information content (AvgIpc) is 3.76. The number of aliphatic hydroxyl groups excluding tert-OH is 2. The summed E-state index contributed by atoms with van der Waals surface area (Å²) in [6.07, 6.45) is 11.0. The third-order valence-electron chi connectivity index (χ3n) is 14.9. The summed E-state index contributed by atoms with van der Waals surface area (Å²) in [5.74, 6) is 2.84. The Morgan fingerprint density at radius 2 is 1.61 bits per heavy atom. The maximum atomic E-state index is 12.4. The Labute approximate surface area is 230 Å². The lowest BCUT2D eigenvalue weighted by molar-refractivity contribution is -0.182. The molecule has 7 aliphatic rings. The number of hydrogen-bond donors (Lipinski definition) is 2. The minimum atomic E-state index is -0.449. The molecule has 5 nitrogen and oxygen atoms in total. The lowest BCUT2D eigenvalue weighted by Gasteiger charge is -2.63. The van der Waals surface area contributed by atoms with E-state index >= 15 is 0 Å². The number of aliphatic hydroxyl groups is 2. The first kappa shape index (κ1) is 26.3. The summed E-state index contributed by atoms with van der Waals surface area (Å²) in [6.45, 7) is 15.3. The van der Waals surface area contributed by atoms with Crippen LogP contribution < -0.4 is 0 Å². The lowest BCUT2D eigenvalue weighted by atomic mass is 9.41. The second-order valence-electron chi connectivity index (χ2n) is 16.5. The molecule has 1 saturated heterocycles. The topological polar surface area (TPSA) is 70.0 Å². The highest BCUT2D eigenvalue weighted by atomic mass is 16.5. The second-order valence-corrected chi connectivity index (χ2v) is 16.5. The minimum Gasteiger partial charge on any atom is -0.393 e. The Hall–Kier alpha value is -0.650. The molecule has 1 amide bonds. The van der Waals surface area contributed by atoms with Crippen LogP contribution in [0.4, 0.5) is 0 Å². The quantitative estimate of drug-likeness (QED) is 0.512. The Morgan fingerprint density at radius 3 is 2.29 bits per heavy atom. The van der Waals surface area contributed by atoms with Crippen molar-refractivity contribution in [2.45, 2.75) is 130 Å². The molecule has 0 aromatic carbocycles. The van der Waals surface area contributed by atoms with E-state index < -0.39 is 6.10 Å². The number of carbonyl (C=O) groups excluding carboxylic acids is 1. The largest absolute Gasteiger partial charge is 0.393 e. The van der Waals surface area contributed by atoms with E-state index in [9.17, 15) is 15.0 Å². The summed E-state index contributed by atoms with van der Waals surface area (Å²) < 4.78 is 6.90. The van der Waals surface area contributed by atoms with E-state index in [2.05, 4.69) is 34.6 Å². The Bertz CT molecular complexity index is 1010. The molecular formula is C33H53NO4. The molecule has 1 heterocycles. The highest BCUT2D eigenvalue weighted by molar-refractivity contribution is 5.73. The van der Waals surface area contributed by atoms with Crippen molar-refractivity contribution in [3.63, 3.8) is 0 Å². The molecule has 2 spiro atoms. The van der Waals surface area contributed by atoms with E-state index in [-0.39, 0.29) is 40.5 Å². The second kappa shape index (κ2) is 8.00. The van der Waals surface area contributed by atoms with Crippen molar-refractivity contribution in [3.05, 3.63) is 0 Å². The number of hydrogen-bond acceptors (Lipinski definition) is 4. The highest BCUT2D eigenvalue weighted by Crippen LogP contribution is 2.89. The first-order valence-electron chi connectivity index (χ1n) is 16.1. The Kier molecular flexibility index (Phi) is 5.53. The predicted octanol–water partition coefficient (Wildman–Crippen LogP) is 5.42. The highest BCUT2D eigenvalue weighted by Gasteiger charge is 2.84. The summed E-state index contributed by atoms with van der Waals surface area (Å²) in [5, 5.41) is 23.3. The molecular weight excluding hydrogens is 474 g/mol. The fourth-order valence-corrected chi connectivity index (χ4v) is 12.7. The van der Waals surface area contributed by atoms with Crippen molar-refractivity contribution in [1.29, 1.82) is 0 Å². The van der Waals surface area contributed by atoms with E-state index in [1.54, 1.807) is 6.92 Å². The summed E-state index contributed by atoms with van der Waals surface area (Å²) in [6, 6.07) is 0. The van der Waals surface area contributed by atoms with Gasteiger partial charge in [-0.3, -0.25) is 4.79 Å². The van der Waals surface area contributed by atoms with Crippen molar-refractivity contribution < 1.29 is 19.7 Å². The van der Waals surface area contributed by atoms with Crippen LogP contribution in [-0.2, 0) is 9.53 Å². The van der Waals surface area contributed by atoms with Crippen molar-refractivity contribution >= 4 is 5.91 Å². The molecule has 0 aromatic rings. The normalized spacial score (nSPS) is 56.1. The van der Waals surface area contributed by atoms with Crippen LogP contribution in [-0.4, -0.2) is 58.5 Å². The smallest absolute Gasteiger partial charge is 0.219 e. The van der Waals surface area contributed by atoms with Gasteiger partial charge in [0.15, 0.2) is 0 Å². The van der Waals surface area contributed by atoms with Gasteiger partial charge >= 0.3 is 0 Å². The molecule has 2 N–H and O–H groups in total. The van der Waals surface area contributed by atoms with Crippen molar-refractivity contribution in [1.82, 2.24) is 4.90 Å². The first-order chi connectivity index (χ1) is 17.8. The standard InChI is InChI=1S/C33H53NO4/c1-19-15-22(17-34(20(2)35)16-21-7-8-21)38-27-26(19)30(5)13-14-33-18-32(33)12-11-25(36)29(3,4)23(32)9-10-24(33)31(30,6)28(27)37/h19,21-28,36-37H,7-18H2,1-6H3/t19-,22?,23+,24?,25?,26+,27?,28+,30?,31-,32?,33?/m1/s1. The van der Waals surface area contributed by atoms with Gasteiger partial charge in [0.2, 0.25) is 5.91 Å². The van der Waals surface area contributed by atoms with Crippen LogP contribution in [0.3, 0.4) is 0 Å². The fourth-order valence-electron chi connectivity index (χ4n) is 12.7. The van der Waals surface area contributed by atoms with Gasteiger partial charge in [-0.15, -0.1) is 0 Å². The Balaban J connectivity index is 1.18. The van der Waals surface area contributed by atoms with Crippen LogP contribution in [0.1, 0.15) is 106 Å². The van der Waals surface area contributed by atoms with Gasteiger partial charge in [-0.25, -0.2) is 0 Å². The number of nitrogens with zero attached hydrogens (tertiary/aromatic N) is 1. The maximum Gasteiger partial charge on any atom is 0.219 e. The van der Waals surface area contributed by atoms with Crippen LogP contribution >= 0.6 is 0 Å². The third-order valence-corrected chi connectivity index (χ3v) is 14.9. The van der Waals surface area contributed by atoms with Gasteiger partial charge in [-0.05, 0) is 115 Å². The molecule has 6 aliphatic carbocycles. The zero-order chi connectivity index (χ0) is 27.0. The first-order valence-corrected chi connectivity index (χ1v) is 16.1. The van der Waals surface area contributed by atoms with Gasteiger partial charge in [0.05, 0.1) is 24.4 Å². The van der Waals surface area contributed by atoms with Gasteiger partial charge in [0.1, 0.15) is 0 Å². The number of fused-ring (bicyclic) bond motifs is 4. The minimum absolute atomic E-state index is 0.00937. The zero-order valence-electron chi connectivity index (χ0n) is 24.8. The fraction of sp³-hybridized carbons (Fsp3) is 0.970. The van der Waals surface area contributed by atoms with Gasteiger partial charge in [-0.2, -0.15) is 0 Å². The summed E-state index contributed by atoms with van der Waals surface area (Å²) in [5.41, 5.74) is 0.633. The van der Waals surface area contributed by atoms with Crippen molar-refractivity contribution in [3.8, 4) is 0 Å². The third kappa shape index (κ3) is 3.08. The monoisotopic (exact) mass is 527 g/mol. The molecule has 7 unspecified atom stereocenters. The molecule has 7 fully saturated rings. The molecule has 0 radical (unpaired) electrons. The van der Waals surface area contributed by atoms with E-state index in [4.69, 9.17) is 4.74 Å². The number of ether oxygens (including phenoxy) is 1. The molecule has 7 rings (SSSR count). The number of carbonyl (C=O) groups is 1. The van der Waals surface area contributed by atoms with Crippen LogP contribution in [0.25, 0.3) is 0 Å². The molecule has 214 valence electrons. The van der Waals surface area contributed by atoms with Crippen LogP contribution in [0.2, 0.25) is 0 Å². The van der Waals surface area contributed by atoms with Gasteiger partial charge in [-0.1, -0.05) is 34.6 Å². The van der Waals surface area contributed by atoms with E-state index in [1.807, 2.05) is 4.90 Å². The van der Waals surface area contributed by atoms with Crippen molar-refractivity contribution in [2.75, 3.05) is 13.1 Å². The van der Waals surface area contributed by atoms with Crippen LogP contribution in [0.15, 0.2) is 0 Å². The van der Waals surface area contributed by atoms with E-state index in [0.717, 1.165) is 19.4 Å². The molecule has 0 bridgehead atoms. The van der Waals surface area contributed by atoms with Crippen molar-refractivity contribution in [2.24, 2.45) is 56.7 Å². The molecule has 12 atom stereocenters. The van der Waals surface area contributed by atoms with Crippen LogP contribution in [0.5, 0.6) is 0 Å². The predicted molar refractivity (Wildman–Crippen MR) is 147 cm³/mol. The number of rotatable bonds is 4. The maximum absolute atomic E-state index is 12.4. The molecule has 5 heteroatoms. The summed E-state index contributed by atoms with van der Waals surface area (Å²) in [4.78, 5) is 14.5. The van der Waals surface area contributed by atoms with Gasteiger partial charge < -0.3 is 19.8 Å². The average molecular weight is 528 g/mol. The van der Waals surface area contributed by atoms with Gasteiger partial charge in [0, 0.05) is 25.4 Å². The summed E-state index contributed by atoms with van der Waals surface area (Å²) in [7, 11) is 0. The van der Waals surface area contributed by atoms with Crippen LogP contribution in [0, 0.1) is 56.7 Å². The molecule has 38 heavy (non-hydrogen) atoms. The molecule has 1 aliphatic heterocycles. The van der Waals surface area contributed by atoms with E-state index in [0.29, 0.717) is 47.0 Å². The Morgan fingerprint density at radius 1 is 0.921 bits per heavy atom. The van der Waals surface area contributed by atoms with Gasteiger partial charge in [0.25, 0.3) is 0 Å². The number of amides is 1. The lowest BCUT2D eigenvalue weighted by Crippen LogP contribution is -2.59. The molecule has 0 aromatic heterocycles. The SMILES string of the molecule is CC(=O)N(CC1CC1)CC1C[C@@H](C)[C@H]2C(O1)[C@H](O)[C@@]1(C)C3CC[C@H]4C(C)(C)C(O)CCC45CC35CCC21C. The molecule has 6 saturated carbocycles. The summed E-state index contributed by atoms with van der Waals surface area (Å²) >= 11 is 0. The van der Waals surface area contributed by atoms with E-state index in [1.165, 1.54) is 51.4 Å². The zero-order valence-corrected chi connectivity index (χ0v) is 24.8.